The monoisotopic (exact) mass is 348 g/mol. The molecule has 134 valence electrons. The highest BCUT2D eigenvalue weighted by Gasteiger charge is 2.25. The molecule has 5 heteroatoms. The van der Waals surface area contributed by atoms with Crippen LogP contribution < -0.4 is 5.32 Å². The lowest BCUT2D eigenvalue weighted by Gasteiger charge is -2.37. The molecule has 1 aliphatic rings. The van der Waals surface area contributed by atoms with Crippen LogP contribution in [0.3, 0.4) is 0 Å². The maximum atomic E-state index is 12.5. The minimum Gasteiger partial charge on any atom is -0.325 e. The fraction of sp³-hybridized carbons (Fsp3) is 0.333. The highest BCUT2D eigenvalue weighted by molar-refractivity contribution is 5.94. The lowest BCUT2D eigenvalue weighted by molar-refractivity contribution is -0.121. The Morgan fingerprint density at radius 1 is 1.08 bits per heavy atom. The summed E-state index contributed by atoms with van der Waals surface area (Å²) in [5.74, 6) is 0.0387. The number of benzene rings is 2. The van der Waals surface area contributed by atoms with E-state index in [1.165, 1.54) is 5.56 Å². The van der Waals surface area contributed by atoms with Crippen LogP contribution in [0.15, 0.2) is 54.6 Å². The molecule has 0 bridgehead atoms. The van der Waals surface area contributed by atoms with Gasteiger partial charge in [0.25, 0.3) is 0 Å². The van der Waals surface area contributed by atoms with E-state index in [1.807, 2.05) is 61.5 Å². The molecule has 0 saturated carbocycles. The summed E-state index contributed by atoms with van der Waals surface area (Å²) in [7, 11) is 0. The third-order valence-corrected chi connectivity index (χ3v) is 4.86. The zero-order valence-corrected chi connectivity index (χ0v) is 15.1. The van der Waals surface area contributed by atoms with Crippen LogP contribution in [-0.2, 0) is 11.3 Å². The van der Waals surface area contributed by atoms with Crippen LogP contribution in [0.4, 0.5) is 5.69 Å². The van der Waals surface area contributed by atoms with E-state index in [9.17, 15) is 4.79 Å². The van der Waals surface area contributed by atoms with Gasteiger partial charge in [-0.05, 0) is 36.8 Å². The first-order chi connectivity index (χ1) is 12.7. The summed E-state index contributed by atoms with van der Waals surface area (Å²) in [6, 6.07) is 19.3. The van der Waals surface area contributed by atoms with Crippen LogP contribution in [0.1, 0.15) is 18.1 Å². The van der Waals surface area contributed by atoms with E-state index < -0.39 is 0 Å². The number of hydrogen-bond donors (Lipinski definition) is 1. The normalized spacial score (nSPS) is 16.6. The molecule has 0 unspecified atom stereocenters. The third kappa shape index (κ3) is 4.69. The van der Waals surface area contributed by atoms with Crippen molar-refractivity contribution in [3.05, 3.63) is 65.7 Å². The van der Waals surface area contributed by atoms with Gasteiger partial charge >= 0.3 is 0 Å². The van der Waals surface area contributed by atoms with Crippen LogP contribution in [0.25, 0.3) is 0 Å². The molecule has 0 aliphatic carbocycles. The van der Waals surface area contributed by atoms with Gasteiger partial charge in [-0.1, -0.05) is 30.3 Å². The van der Waals surface area contributed by atoms with E-state index in [-0.39, 0.29) is 11.9 Å². The summed E-state index contributed by atoms with van der Waals surface area (Å²) < 4.78 is 0. The minimum atomic E-state index is -0.146. The van der Waals surface area contributed by atoms with E-state index in [0.717, 1.165) is 38.4 Å². The van der Waals surface area contributed by atoms with Crippen molar-refractivity contribution in [3.8, 4) is 6.07 Å². The number of nitrogens with one attached hydrogen (secondary N) is 1. The van der Waals surface area contributed by atoms with E-state index in [4.69, 9.17) is 5.26 Å². The van der Waals surface area contributed by atoms with E-state index >= 15 is 0 Å². The number of nitriles is 1. The van der Waals surface area contributed by atoms with Crippen molar-refractivity contribution in [2.75, 3.05) is 31.5 Å². The van der Waals surface area contributed by atoms with E-state index in [1.54, 1.807) is 0 Å². The van der Waals surface area contributed by atoms with Crippen molar-refractivity contribution >= 4 is 11.6 Å². The smallest absolute Gasteiger partial charge is 0.241 e. The number of para-hydroxylation sites is 1. The van der Waals surface area contributed by atoms with Gasteiger partial charge in [0.15, 0.2) is 0 Å². The van der Waals surface area contributed by atoms with Crippen molar-refractivity contribution in [2.45, 2.75) is 19.5 Å². The number of hydrogen-bond acceptors (Lipinski definition) is 4. The summed E-state index contributed by atoms with van der Waals surface area (Å²) >= 11 is 0. The Kier molecular flexibility index (Phi) is 6.00. The van der Waals surface area contributed by atoms with Gasteiger partial charge in [0.05, 0.1) is 17.7 Å². The van der Waals surface area contributed by atoms with E-state index in [2.05, 4.69) is 21.2 Å². The molecule has 1 N–H and O–H groups in total. The molecule has 0 radical (unpaired) electrons. The highest BCUT2D eigenvalue weighted by atomic mass is 16.2. The van der Waals surface area contributed by atoms with Crippen LogP contribution in [-0.4, -0.2) is 47.9 Å². The lowest BCUT2D eigenvalue weighted by Crippen LogP contribution is -2.52. The quantitative estimate of drug-likeness (QED) is 0.903. The molecule has 2 aromatic rings. The second kappa shape index (κ2) is 8.61. The molecule has 0 aromatic heterocycles. The molecule has 1 aliphatic heterocycles. The van der Waals surface area contributed by atoms with E-state index in [0.29, 0.717) is 5.56 Å². The van der Waals surface area contributed by atoms with Gasteiger partial charge in [-0.15, -0.1) is 0 Å². The predicted molar refractivity (Wildman–Crippen MR) is 103 cm³/mol. The molecule has 0 spiro atoms. The Morgan fingerprint density at radius 3 is 2.35 bits per heavy atom. The molecule has 26 heavy (non-hydrogen) atoms. The van der Waals surface area contributed by atoms with Crippen molar-refractivity contribution in [1.82, 2.24) is 9.80 Å². The number of nitrogens with zero attached hydrogens (tertiary/aromatic N) is 3. The van der Waals surface area contributed by atoms with Crippen molar-refractivity contribution in [1.29, 1.82) is 5.26 Å². The molecule has 2 aromatic carbocycles. The fourth-order valence-corrected chi connectivity index (χ4v) is 3.19. The fourth-order valence-electron chi connectivity index (χ4n) is 3.19. The number of carbonyl (C=O) groups excluding carboxylic acids is 1. The molecule has 3 rings (SSSR count). The zero-order chi connectivity index (χ0) is 18.4. The van der Waals surface area contributed by atoms with Crippen molar-refractivity contribution in [3.63, 3.8) is 0 Å². The van der Waals surface area contributed by atoms with Gasteiger partial charge < -0.3 is 5.32 Å². The van der Waals surface area contributed by atoms with Crippen LogP contribution in [0.5, 0.6) is 0 Å². The topological polar surface area (TPSA) is 59.4 Å². The van der Waals surface area contributed by atoms with Gasteiger partial charge in [0, 0.05) is 38.4 Å². The van der Waals surface area contributed by atoms with Crippen LogP contribution in [0.2, 0.25) is 0 Å². The van der Waals surface area contributed by atoms with Gasteiger partial charge in [0.2, 0.25) is 5.91 Å². The molecule has 5 nitrogen and oxygen atoms in total. The number of rotatable bonds is 5. The van der Waals surface area contributed by atoms with Gasteiger partial charge in [-0.2, -0.15) is 5.26 Å². The average Bonchev–Trinajstić information content (AvgIpc) is 2.69. The van der Waals surface area contributed by atoms with Gasteiger partial charge in [0.1, 0.15) is 0 Å². The first-order valence-electron chi connectivity index (χ1n) is 8.97. The molecule has 1 amide bonds. The second-order valence-electron chi connectivity index (χ2n) is 6.65. The van der Waals surface area contributed by atoms with Crippen molar-refractivity contribution in [2.24, 2.45) is 0 Å². The summed E-state index contributed by atoms with van der Waals surface area (Å²) in [6.45, 7) is 6.46. The van der Waals surface area contributed by atoms with Gasteiger partial charge in [-0.25, -0.2) is 0 Å². The molecule has 1 atom stereocenters. The summed E-state index contributed by atoms with van der Waals surface area (Å²) in [5.41, 5.74) is 2.74. The Hall–Kier alpha value is -2.68. The number of piperazine rings is 1. The standard InChI is InChI=1S/C21H24N4O/c1-17(21(26)23-20-5-3-2-4-6-20)25-13-11-24(12-14-25)16-19-9-7-18(15-22)8-10-19/h2-10,17H,11-14,16H2,1H3,(H,23,26)/t17-/m0/s1. The second-order valence-corrected chi connectivity index (χ2v) is 6.65. The summed E-state index contributed by atoms with van der Waals surface area (Å²) in [4.78, 5) is 17.1. The molecule has 1 saturated heterocycles. The van der Waals surface area contributed by atoms with Crippen LogP contribution in [0, 0.1) is 11.3 Å². The molecular formula is C21H24N4O. The SMILES string of the molecule is C[C@@H](C(=O)Nc1ccccc1)N1CCN(Cc2ccc(C#N)cc2)CC1. The molecule has 1 fully saturated rings. The Bertz CT molecular complexity index is 759. The molecular weight excluding hydrogens is 324 g/mol. The summed E-state index contributed by atoms with van der Waals surface area (Å²) in [5, 5.41) is 11.9. The Labute approximate surface area is 154 Å². The molecule has 1 heterocycles. The van der Waals surface area contributed by atoms with Crippen LogP contribution >= 0.6 is 0 Å². The Morgan fingerprint density at radius 2 is 1.73 bits per heavy atom. The lowest BCUT2D eigenvalue weighted by atomic mass is 10.1. The summed E-state index contributed by atoms with van der Waals surface area (Å²) in [6.07, 6.45) is 0. The number of anilines is 1. The predicted octanol–water partition coefficient (Wildman–Crippen LogP) is 2.70. The maximum absolute atomic E-state index is 12.5. The minimum absolute atomic E-state index is 0.0387. The maximum Gasteiger partial charge on any atom is 0.241 e. The Balaban J connectivity index is 1.48. The first kappa shape index (κ1) is 18.1. The third-order valence-electron chi connectivity index (χ3n) is 4.86. The highest BCUT2D eigenvalue weighted by Crippen LogP contribution is 2.13. The first-order valence-corrected chi connectivity index (χ1v) is 8.97. The van der Waals surface area contributed by atoms with Crippen molar-refractivity contribution < 1.29 is 4.79 Å². The average molecular weight is 348 g/mol. The largest absolute Gasteiger partial charge is 0.325 e. The zero-order valence-electron chi connectivity index (χ0n) is 15.1. The number of carbonyl (C=O) groups is 1. The van der Waals surface area contributed by atoms with Gasteiger partial charge in [-0.3, -0.25) is 14.6 Å². The number of amides is 1.